The number of carbonyl (C=O) groups excluding carboxylic acids is 2. The van der Waals surface area contributed by atoms with Crippen LogP contribution >= 0.6 is 0 Å². The summed E-state index contributed by atoms with van der Waals surface area (Å²) in [5, 5.41) is 85.5. The number of hydrogen-bond acceptors (Lipinski definition) is 18. The van der Waals surface area contributed by atoms with Crippen LogP contribution in [0.5, 0.6) is 0 Å². The van der Waals surface area contributed by atoms with Gasteiger partial charge in [0.05, 0.1) is 39.0 Å². The lowest BCUT2D eigenvalue weighted by molar-refractivity contribution is -0.383. The van der Waals surface area contributed by atoms with Crippen molar-refractivity contribution in [2.45, 2.75) is 205 Å². The number of ether oxygens (including phenoxy) is 8. The van der Waals surface area contributed by atoms with Crippen LogP contribution in [0.15, 0.2) is 11.6 Å². The van der Waals surface area contributed by atoms with Crippen molar-refractivity contribution < 1.29 is 88.3 Å². The van der Waals surface area contributed by atoms with E-state index in [1.54, 1.807) is 0 Å². The van der Waals surface area contributed by atoms with Gasteiger partial charge in [-0.15, -0.1) is 0 Å². The molecule has 8 N–H and O–H groups in total. The lowest BCUT2D eigenvalue weighted by Gasteiger charge is -2.71. The Labute approximate surface area is 393 Å². The number of allylic oxidation sites excluding steroid dienone is 2. The van der Waals surface area contributed by atoms with Crippen molar-refractivity contribution in [2.75, 3.05) is 27.4 Å². The van der Waals surface area contributed by atoms with Crippen LogP contribution < -0.4 is 0 Å². The molecule has 382 valence electrons. The molecule has 18 nitrogen and oxygen atoms in total. The van der Waals surface area contributed by atoms with Crippen LogP contribution in [0.25, 0.3) is 0 Å². The third kappa shape index (κ3) is 8.07. The summed E-state index contributed by atoms with van der Waals surface area (Å²) in [5.74, 6) is -0.496. The summed E-state index contributed by atoms with van der Waals surface area (Å²) in [5.41, 5.74) is 0.162. The fraction of sp³-hybridized carbons (Fsp3) is 0.918. The molecule has 0 radical (unpaired) electrons. The van der Waals surface area contributed by atoms with Crippen molar-refractivity contribution in [1.82, 2.24) is 0 Å². The molecule has 5 aliphatic carbocycles. The predicted octanol–water partition coefficient (Wildman–Crippen LogP) is 1.61. The fourth-order valence-electron chi connectivity index (χ4n) is 15.2. The van der Waals surface area contributed by atoms with Crippen molar-refractivity contribution in [2.24, 2.45) is 50.2 Å². The minimum Gasteiger partial charge on any atom is -0.469 e. The van der Waals surface area contributed by atoms with Gasteiger partial charge >= 0.3 is 11.9 Å². The number of hydrogen-bond donors (Lipinski definition) is 8. The normalized spacial score (nSPS) is 51.3. The van der Waals surface area contributed by atoms with Gasteiger partial charge in [0, 0.05) is 0 Å². The minimum absolute atomic E-state index is 0.0660. The molecule has 8 aliphatic rings. The standard InChI is InChI=1S/C49H78O18/c1-44(2)16-18-49(43(59)61-9)19-17-47(6)23(24(49)20-44)10-11-28-46(5)14-13-29(45(3,4)27(46)12-15-48(28,47)7)64-42-37(66-41-34(56)32(54)30(52)25(21-50)62-41)35(57)36(38(67-42)39(58)60-8)65-40-33(55)31(53)26(22-51)63-40/h10,24-38,40-42,50-57H,11-22H2,1-9H3/t24?,25-,26+,27?,28?,29?,30+,31+,32+,33-,34-,35+,36+,37-,38+,40+,41+,42-,46?,47?,48?,49?/m1/s1. The van der Waals surface area contributed by atoms with Crippen molar-refractivity contribution in [3.05, 3.63) is 11.6 Å². The van der Waals surface area contributed by atoms with Gasteiger partial charge in [-0.2, -0.15) is 0 Å². The molecule has 67 heavy (non-hydrogen) atoms. The molecule has 3 saturated heterocycles. The number of aliphatic hydroxyl groups excluding tert-OH is 8. The van der Waals surface area contributed by atoms with Crippen molar-refractivity contribution >= 4 is 11.9 Å². The first-order chi connectivity index (χ1) is 31.4. The Morgan fingerprint density at radius 2 is 1.24 bits per heavy atom. The highest BCUT2D eigenvalue weighted by Crippen LogP contribution is 2.76. The smallest absolute Gasteiger partial charge is 0.337 e. The Balaban J connectivity index is 1.09. The van der Waals surface area contributed by atoms with E-state index in [2.05, 4.69) is 54.5 Å². The van der Waals surface area contributed by atoms with Crippen LogP contribution in [0, 0.1) is 50.2 Å². The van der Waals surface area contributed by atoms with Crippen LogP contribution in [0.2, 0.25) is 0 Å². The maximum Gasteiger partial charge on any atom is 0.337 e. The largest absolute Gasteiger partial charge is 0.469 e. The second-order valence-electron chi connectivity index (χ2n) is 23.4. The Hall–Kier alpha value is -1.88. The molecule has 0 aromatic rings. The predicted molar refractivity (Wildman–Crippen MR) is 234 cm³/mol. The molecule has 0 bridgehead atoms. The SMILES string of the molecule is COC(=O)[C@H]1O[C@@H](OC2CCC3(C)C(CCC4(C)C3CC=C3C5CC(C)(C)CCC5(C(=O)OC)CCC34C)C2(C)C)[C@H](O[C@@H]2O[C@H](CO)[C@H](O)[C@H](O)[C@H]2O)[C@@H](O)[C@@H]1O[C@@H]1O[C@@H](CO)[C@H](O)[C@H]1O. The summed E-state index contributed by atoms with van der Waals surface area (Å²) in [7, 11) is 2.63. The molecule has 8 unspecified atom stereocenters. The summed E-state index contributed by atoms with van der Waals surface area (Å²) >= 11 is 0. The van der Waals surface area contributed by atoms with Gasteiger partial charge < -0.3 is 78.7 Å². The fourth-order valence-corrected chi connectivity index (χ4v) is 15.2. The zero-order valence-corrected chi connectivity index (χ0v) is 40.6. The van der Waals surface area contributed by atoms with Crippen molar-refractivity contribution in [3.8, 4) is 0 Å². The van der Waals surface area contributed by atoms with Gasteiger partial charge in [-0.05, 0) is 109 Å². The van der Waals surface area contributed by atoms with Gasteiger partial charge in [-0.25, -0.2) is 4.79 Å². The van der Waals surface area contributed by atoms with Gasteiger partial charge in [0.15, 0.2) is 25.0 Å². The maximum atomic E-state index is 13.8. The van der Waals surface area contributed by atoms with Gasteiger partial charge in [0.2, 0.25) is 0 Å². The number of esters is 2. The van der Waals surface area contributed by atoms with E-state index in [4.69, 9.17) is 37.9 Å². The Bertz CT molecular complexity index is 1860. The van der Waals surface area contributed by atoms with E-state index in [9.17, 15) is 50.4 Å². The number of rotatable bonds is 10. The molecule has 0 spiro atoms. The van der Waals surface area contributed by atoms with Crippen LogP contribution in [0.1, 0.15) is 113 Å². The molecule has 0 aromatic carbocycles. The lowest BCUT2D eigenvalue weighted by Crippen LogP contribution is -2.68. The van der Waals surface area contributed by atoms with Crippen LogP contribution in [-0.4, -0.2) is 172 Å². The Kier molecular flexibility index (Phi) is 14.1. The van der Waals surface area contributed by atoms with E-state index in [0.717, 1.165) is 64.9 Å². The molecule has 8 rings (SSSR count). The van der Waals surface area contributed by atoms with E-state index < -0.39 is 122 Å². The number of methoxy groups -OCH3 is 2. The number of carbonyl (C=O) groups is 2. The van der Waals surface area contributed by atoms with Gasteiger partial charge in [0.25, 0.3) is 0 Å². The first-order valence-electron chi connectivity index (χ1n) is 24.5. The van der Waals surface area contributed by atoms with Gasteiger partial charge in [-0.1, -0.05) is 60.1 Å². The zero-order valence-electron chi connectivity index (χ0n) is 40.6. The third-order valence-corrected chi connectivity index (χ3v) is 19.3. The molecule has 0 aromatic heterocycles. The van der Waals surface area contributed by atoms with Crippen LogP contribution in [0.3, 0.4) is 0 Å². The highest BCUT2D eigenvalue weighted by molar-refractivity contribution is 5.78. The first-order valence-corrected chi connectivity index (χ1v) is 24.5. The van der Waals surface area contributed by atoms with E-state index in [1.165, 1.54) is 12.7 Å². The molecule has 4 saturated carbocycles. The highest BCUT2D eigenvalue weighted by Gasteiger charge is 2.70. The quantitative estimate of drug-likeness (QED) is 0.0878. The lowest BCUT2D eigenvalue weighted by atomic mass is 9.33. The summed E-state index contributed by atoms with van der Waals surface area (Å²) in [6.07, 6.45) is -12.8. The number of aliphatic hydroxyl groups is 8. The average Bonchev–Trinajstić information content (AvgIpc) is 3.56. The van der Waals surface area contributed by atoms with Crippen LogP contribution in [0.4, 0.5) is 0 Å². The van der Waals surface area contributed by atoms with E-state index in [0.29, 0.717) is 12.3 Å². The molecule has 22 atom stereocenters. The Morgan fingerprint density at radius 3 is 1.85 bits per heavy atom. The monoisotopic (exact) mass is 955 g/mol. The highest BCUT2D eigenvalue weighted by atomic mass is 16.8. The number of fused-ring (bicyclic) bond motifs is 7. The summed E-state index contributed by atoms with van der Waals surface area (Å²) in [4.78, 5) is 27.3. The zero-order chi connectivity index (χ0) is 49.0. The van der Waals surface area contributed by atoms with Gasteiger partial charge in [-0.3, -0.25) is 4.79 Å². The summed E-state index contributed by atoms with van der Waals surface area (Å²) < 4.78 is 47.3. The molecular formula is C49H78O18. The van der Waals surface area contributed by atoms with E-state index in [-0.39, 0.29) is 39.5 Å². The first kappa shape index (κ1) is 51.5. The molecule has 7 fully saturated rings. The molecule has 0 amide bonds. The van der Waals surface area contributed by atoms with E-state index in [1.807, 2.05) is 0 Å². The Morgan fingerprint density at radius 1 is 0.642 bits per heavy atom. The van der Waals surface area contributed by atoms with E-state index >= 15 is 0 Å². The minimum atomic E-state index is -1.89. The molecule has 3 heterocycles. The summed E-state index contributed by atoms with van der Waals surface area (Å²) in [6, 6.07) is 0. The third-order valence-electron chi connectivity index (χ3n) is 19.3. The molecule has 3 aliphatic heterocycles. The average molecular weight is 955 g/mol. The topological polar surface area (TPSA) is 270 Å². The van der Waals surface area contributed by atoms with Gasteiger partial charge in [0.1, 0.15) is 61.0 Å². The van der Waals surface area contributed by atoms with Crippen LogP contribution in [-0.2, 0) is 47.5 Å². The molecule has 18 heteroatoms. The van der Waals surface area contributed by atoms with Crippen molar-refractivity contribution in [3.63, 3.8) is 0 Å². The molecular weight excluding hydrogens is 877 g/mol. The second-order valence-corrected chi connectivity index (χ2v) is 23.4. The van der Waals surface area contributed by atoms with Crippen molar-refractivity contribution in [1.29, 1.82) is 0 Å². The second kappa shape index (κ2) is 18.3. The summed E-state index contributed by atoms with van der Waals surface area (Å²) in [6.45, 7) is 14.9. The maximum absolute atomic E-state index is 13.8.